The number of carbonyl (C=O) groups is 1. The molecule has 1 aliphatic rings. The summed E-state index contributed by atoms with van der Waals surface area (Å²) in [5, 5.41) is 4.35. The van der Waals surface area contributed by atoms with E-state index < -0.39 is 0 Å². The fraction of sp³-hybridized carbons (Fsp3) is 0.111. The zero-order valence-electron chi connectivity index (χ0n) is 12.2. The summed E-state index contributed by atoms with van der Waals surface area (Å²) in [7, 11) is 1.39. The van der Waals surface area contributed by atoms with E-state index in [0.717, 1.165) is 22.2 Å². The first-order valence-corrected chi connectivity index (χ1v) is 7.02. The van der Waals surface area contributed by atoms with Crippen LogP contribution >= 0.6 is 0 Å². The standard InChI is InChI=1S/C18H16N2O2/c1-22-18(21)14-6-4-13(5-7-14)12-20-16-8-9-17-15(11-16)3-2-10-19-17/h2-12,14,20H,1H3. The maximum Gasteiger partial charge on any atom is 0.316 e. The number of anilines is 1. The monoisotopic (exact) mass is 292 g/mol. The number of aromatic nitrogens is 1. The largest absolute Gasteiger partial charge is 0.468 e. The van der Waals surface area contributed by atoms with Gasteiger partial charge in [-0.3, -0.25) is 9.78 Å². The highest BCUT2D eigenvalue weighted by Crippen LogP contribution is 2.19. The van der Waals surface area contributed by atoms with Crippen LogP contribution in [0.5, 0.6) is 0 Å². The second-order valence-electron chi connectivity index (χ2n) is 4.97. The summed E-state index contributed by atoms with van der Waals surface area (Å²) in [6.07, 6.45) is 11.1. The number of carbonyl (C=O) groups excluding carboxylic acids is 1. The summed E-state index contributed by atoms with van der Waals surface area (Å²) < 4.78 is 4.71. The first kappa shape index (κ1) is 14.1. The number of methoxy groups -OCH3 is 1. The van der Waals surface area contributed by atoms with Gasteiger partial charge in [0.15, 0.2) is 0 Å². The third-order valence-electron chi connectivity index (χ3n) is 3.47. The molecule has 0 radical (unpaired) electrons. The lowest BCUT2D eigenvalue weighted by Gasteiger charge is -2.10. The number of nitrogens with one attached hydrogen (secondary N) is 1. The average molecular weight is 292 g/mol. The van der Waals surface area contributed by atoms with Crippen LogP contribution in [-0.2, 0) is 9.53 Å². The van der Waals surface area contributed by atoms with Crippen LogP contribution in [0.15, 0.2) is 72.6 Å². The quantitative estimate of drug-likeness (QED) is 0.880. The van der Waals surface area contributed by atoms with E-state index in [-0.39, 0.29) is 11.9 Å². The normalized spacial score (nSPS) is 16.6. The molecule has 1 heterocycles. The van der Waals surface area contributed by atoms with Gasteiger partial charge >= 0.3 is 5.97 Å². The van der Waals surface area contributed by atoms with Crippen LogP contribution < -0.4 is 5.32 Å². The smallest absolute Gasteiger partial charge is 0.316 e. The maximum absolute atomic E-state index is 11.4. The van der Waals surface area contributed by atoms with Gasteiger partial charge in [-0.2, -0.15) is 0 Å². The van der Waals surface area contributed by atoms with E-state index in [2.05, 4.69) is 10.3 Å². The van der Waals surface area contributed by atoms with Crippen LogP contribution in [-0.4, -0.2) is 18.1 Å². The van der Waals surface area contributed by atoms with Crippen LogP contribution in [0.4, 0.5) is 5.69 Å². The predicted molar refractivity (Wildman–Crippen MR) is 87.2 cm³/mol. The molecule has 0 aliphatic heterocycles. The lowest BCUT2D eigenvalue weighted by Crippen LogP contribution is -2.12. The Hall–Kier alpha value is -2.88. The fourth-order valence-electron chi connectivity index (χ4n) is 2.27. The Morgan fingerprint density at radius 3 is 2.86 bits per heavy atom. The second-order valence-corrected chi connectivity index (χ2v) is 4.97. The third-order valence-corrected chi connectivity index (χ3v) is 3.47. The van der Waals surface area contributed by atoms with E-state index in [1.807, 2.05) is 60.8 Å². The summed E-state index contributed by atoms with van der Waals surface area (Å²) in [5.74, 6) is -0.546. The van der Waals surface area contributed by atoms with Crippen LogP contribution in [0.2, 0.25) is 0 Å². The summed E-state index contributed by atoms with van der Waals surface area (Å²) >= 11 is 0. The Labute approximate surface area is 128 Å². The van der Waals surface area contributed by atoms with Gasteiger partial charge in [-0.15, -0.1) is 0 Å². The van der Waals surface area contributed by atoms with Crippen LogP contribution in [0, 0.1) is 5.92 Å². The van der Waals surface area contributed by atoms with E-state index in [1.54, 1.807) is 6.20 Å². The molecule has 1 aliphatic carbocycles. The van der Waals surface area contributed by atoms with Crippen LogP contribution in [0.25, 0.3) is 10.9 Å². The van der Waals surface area contributed by atoms with Crippen molar-refractivity contribution in [2.45, 2.75) is 0 Å². The molecule has 1 N–H and O–H groups in total. The van der Waals surface area contributed by atoms with Gasteiger partial charge in [0, 0.05) is 23.5 Å². The van der Waals surface area contributed by atoms with Gasteiger partial charge in [0.1, 0.15) is 0 Å². The summed E-state index contributed by atoms with van der Waals surface area (Å²) in [6, 6.07) is 9.97. The summed E-state index contributed by atoms with van der Waals surface area (Å²) in [4.78, 5) is 15.7. The van der Waals surface area contributed by atoms with Crippen molar-refractivity contribution in [1.82, 2.24) is 4.98 Å². The first-order valence-electron chi connectivity index (χ1n) is 7.02. The van der Waals surface area contributed by atoms with Crippen molar-refractivity contribution in [3.63, 3.8) is 0 Å². The molecule has 3 rings (SSSR count). The van der Waals surface area contributed by atoms with Crippen molar-refractivity contribution in [2.75, 3.05) is 12.4 Å². The maximum atomic E-state index is 11.4. The number of nitrogens with zero attached hydrogens (tertiary/aromatic N) is 1. The van der Waals surface area contributed by atoms with Crippen molar-refractivity contribution < 1.29 is 9.53 Å². The number of hydrogen-bond acceptors (Lipinski definition) is 4. The summed E-state index contributed by atoms with van der Waals surface area (Å²) in [6.45, 7) is 0. The Kier molecular flexibility index (Phi) is 4.01. The van der Waals surface area contributed by atoms with Crippen molar-refractivity contribution >= 4 is 22.6 Å². The number of esters is 1. The molecule has 0 saturated carbocycles. The SMILES string of the molecule is COC(=O)C1C=CC(=CNc2ccc3ncccc3c2)C=C1. The number of rotatable bonds is 3. The number of benzene rings is 1. The Bertz CT molecular complexity index is 775. The minimum absolute atomic E-state index is 0.249. The highest BCUT2D eigenvalue weighted by atomic mass is 16.5. The van der Waals surface area contributed by atoms with Gasteiger partial charge < -0.3 is 10.1 Å². The van der Waals surface area contributed by atoms with Gasteiger partial charge in [-0.25, -0.2) is 0 Å². The number of hydrogen-bond donors (Lipinski definition) is 1. The molecule has 110 valence electrons. The topological polar surface area (TPSA) is 51.2 Å². The van der Waals surface area contributed by atoms with Crippen molar-refractivity contribution in [2.24, 2.45) is 5.92 Å². The molecule has 4 nitrogen and oxygen atoms in total. The lowest BCUT2D eigenvalue weighted by molar-refractivity contribution is -0.142. The predicted octanol–water partition coefficient (Wildman–Crippen LogP) is 3.45. The molecule has 4 heteroatoms. The Morgan fingerprint density at radius 1 is 1.27 bits per heavy atom. The molecule has 22 heavy (non-hydrogen) atoms. The van der Waals surface area contributed by atoms with Crippen LogP contribution in [0.1, 0.15) is 0 Å². The molecule has 0 bridgehead atoms. The summed E-state index contributed by atoms with van der Waals surface area (Å²) in [5.41, 5.74) is 2.95. The highest BCUT2D eigenvalue weighted by Gasteiger charge is 2.14. The fourth-order valence-corrected chi connectivity index (χ4v) is 2.27. The van der Waals surface area contributed by atoms with Crippen LogP contribution in [0.3, 0.4) is 0 Å². The molecule has 2 aromatic rings. The minimum Gasteiger partial charge on any atom is -0.468 e. The van der Waals surface area contributed by atoms with Crippen molar-refractivity contribution in [3.05, 3.63) is 72.6 Å². The highest BCUT2D eigenvalue weighted by molar-refractivity contribution is 5.82. The number of fused-ring (bicyclic) bond motifs is 1. The molecule has 0 fully saturated rings. The number of allylic oxidation sites excluding steroid dienone is 3. The Balaban J connectivity index is 1.71. The molecule has 0 spiro atoms. The molecule has 0 atom stereocenters. The van der Waals surface area contributed by atoms with E-state index in [9.17, 15) is 4.79 Å². The average Bonchev–Trinajstić information content (AvgIpc) is 2.59. The van der Waals surface area contributed by atoms with E-state index >= 15 is 0 Å². The zero-order valence-corrected chi connectivity index (χ0v) is 12.2. The molecule has 0 saturated heterocycles. The lowest BCUT2D eigenvalue weighted by atomic mass is 10.0. The van der Waals surface area contributed by atoms with Gasteiger partial charge in [0.25, 0.3) is 0 Å². The molecule has 0 unspecified atom stereocenters. The molecule has 0 amide bonds. The van der Waals surface area contributed by atoms with Crippen molar-refractivity contribution in [3.8, 4) is 0 Å². The molecule has 1 aromatic heterocycles. The third kappa shape index (κ3) is 3.06. The van der Waals surface area contributed by atoms with Gasteiger partial charge in [-0.05, 0) is 29.8 Å². The van der Waals surface area contributed by atoms with Crippen molar-refractivity contribution in [1.29, 1.82) is 0 Å². The minimum atomic E-state index is -0.297. The zero-order chi connectivity index (χ0) is 15.4. The van der Waals surface area contributed by atoms with Gasteiger partial charge in [0.05, 0.1) is 18.5 Å². The molecule has 1 aromatic carbocycles. The number of pyridine rings is 1. The second kappa shape index (κ2) is 6.26. The number of ether oxygens (including phenoxy) is 1. The molecular formula is C18H16N2O2. The molecular weight excluding hydrogens is 276 g/mol. The Morgan fingerprint density at radius 2 is 2.09 bits per heavy atom. The van der Waals surface area contributed by atoms with Gasteiger partial charge in [-0.1, -0.05) is 30.4 Å². The first-order chi connectivity index (χ1) is 10.8. The van der Waals surface area contributed by atoms with Gasteiger partial charge in [0.2, 0.25) is 0 Å². The van der Waals surface area contributed by atoms with E-state index in [0.29, 0.717) is 0 Å². The van der Waals surface area contributed by atoms with E-state index in [1.165, 1.54) is 7.11 Å². The van der Waals surface area contributed by atoms with E-state index in [4.69, 9.17) is 4.74 Å².